The minimum Gasteiger partial charge on any atom is -0.316 e. The Balaban J connectivity index is 1.94. The molecule has 0 aromatic carbocycles. The van der Waals surface area contributed by atoms with Crippen molar-refractivity contribution in [3.63, 3.8) is 0 Å². The van der Waals surface area contributed by atoms with Crippen molar-refractivity contribution in [2.45, 2.75) is 45.2 Å². The van der Waals surface area contributed by atoms with Crippen molar-refractivity contribution in [3.8, 4) is 0 Å². The molecule has 3 heterocycles. The van der Waals surface area contributed by atoms with Crippen LogP contribution in [0.3, 0.4) is 0 Å². The highest BCUT2D eigenvalue weighted by Crippen LogP contribution is 2.27. The molecule has 1 saturated heterocycles. The summed E-state index contributed by atoms with van der Waals surface area (Å²) in [7, 11) is 0. The molecule has 0 bridgehead atoms. The first kappa shape index (κ1) is 13.8. The summed E-state index contributed by atoms with van der Waals surface area (Å²) in [6.45, 7) is 4.55. The molecule has 0 amide bonds. The molecule has 1 aliphatic heterocycles. The van der Waals surface area contributed by atoms with Crippen molar-refractivity contribution >= 4 is 32.7 Å². The minimum atomic E-state index is 0.539. The van der Waals surface area contributed by atoms with Gasteiger partial charge in [0.2, 0.25) is 0 Å². The number of nitrogens with zero attached hydrogens (tertiary/aromatic N) is 3. The molecule has 106 valence electrons. The van der Waals surface area contributed by atoms with E-state index < -0.39 is 0 Å². The molecule has 1 fully saturated rings. The predicted molar refractivity (Wildman–Crippen MR) is 85.5 cm³/mol. The number of halogens is 1. The lowest BCUT2D eigenvalue weighted by Crippen LogP contribution is -2.47. The maximum Gasteiger partial charge on any atom is 0.113 e. The van der Waals surface area contributed by atoms with Crippen LogP contribution >= 0.6 is 15.9 Å². The molecule has 0 radical (unpaired) electrons. The smallest absolute Gasteiger partial charge is 0.113 e. The quantitative estimate of drug-likeness (QED) is 0.901. The first-order valence-corrected chi connectivity index (χ1v) is 7.89. The number of rotatable bonds is 2. The molecular weight excluding hydrogens is 316 g/mol. The van der Waals surface area contributed by atoms with Gasteiger partial charge in [-0.1, -0.05) is 6.42 Å². The molecule has 2 atom stereocenters. The maximum absolute atomic E-state index is 4.50. The van der Waals surface area contributed by atoms with Crippen LogP contribution < -0.4 is 5.43 Å². The molecule has 2 aromatic heterocycles. The van der Waals surface area contributed by atoms with Crippen LogP contribution in [0.2, 0.25) is 0 Å². The summed E-state index contributed by atoms with van der Waals surface area (Å²) in [4.78, 5) is 8.88. The Morgan fingerprint density at radius 2 is 2.00 bits per heavy atom. The predicted octanol–water partition coefficient (Wildman–Crippen LogP) is 3.98. The third kappa shape index (κ3) is 2.65. The van der Waals surface area contributed by atoms with E-state index in [1.165, 1.54) is 19.3 Å². The van der Waals surface area contributed by atoms with E-state index in [-0.39, 0.29) is 0 Å². The molecule has 4 nitrogen and oxygen atoms in total. The number of aromatic nitrogens is 2. The fraction of sp³-hybridized carbons (Fsp3) is 0.467. The highest BCUT2D eigenvalue weighted by molar-refractivity contribution is 9.10. The van der Waals surface area contributed by atoms with Gasteiger partial charge in [0, 0.05) is 29.0 Å². The summed E-state index contributed by atoms with van der Waals surface area (Å²) < 4.78 is 0.953. The van der Waals surface area contributed by atoms with E-state index in [2.05, 4.69) is 50.2 Å². The largest absolute Gasteiger partial charge is 0.316 e. The van der Waals surface area contributed by atoms with Gasteiger partial charge < -0.3 is 5.43 Å². The number of piperidine rings is 1. The number of hydrogen-bond donors (Lipinski definition) is 1. The third-order valence-electron chi connectivity index (χ3n) is 3.99. The zero-order valence-electron chi connectivity index (χ0n) is 11.8. The van der Waals surface area contributed by atoms with Gasteiger partial charge in [0.15, 0.2) is 0 Å². The Hall–Kier alpha value is -1.20. The van der Waals surface area contributed by atoms with E-state index in [0.717, 1.165) is 21.2 Å². The summed E-state index contributed by atoms with van der Waals surface area (Å²) in [5.74, 6) is 0. The van der Waals surface area contributed by atoms with Crippen molar-refractivity contribution in [2.24, 2.45) is 0 Å². The van der Waals surface area contributed by atoms with Crippen LogP contribution in [0.5, 0.6) is 0 Å². The Labute approximate surface area is 127 Å². The standard InChI is InChI=1S/C15H19BrN4/c1-10-4-3-5-11(2)20(10)19-13-6-7-17-14-8-12(16)9-18-15(13)14/h6-11H,3-5H2,1-2H3,(H,17,19). The van der Waals surface area contributed by atoms with Crippen molar-refractivity contribution in [2.75, 3.05) is 5.43 Å². The number of fused-ring (bicyclic) bond motifs is 1. The molecule has 5 heteroatoms. The lowest BCUT2D eigenvalue weighted by atomic mass is 10.00. The highest BCUT2D eigenvalue weighted by atomic mass is 79.9. The van der Waals surface area contributed by atoms with Gasteiger partial charge in [-0.2, -0.15) is 0 Å². The second-order valence-corrected chi connectivity index (χ2v) is 6.44. The average Bonchev–Trinajstić information content (AvgIpc) is 2.42. The van der Waals surface area contributed by atoms with Gasteiger partial charge in [0.1, 0.15) is 5.52 Å². The zero-order valence-corrected chi connectivity index (χ0v) is 13.4. The topological polar surface area (TPSA) is 41.0 Å². The lowest BCUT2D eigenvalue weighted by molar-refractivity contribution is 0.136. The van der Waals surface area contributed by atoms with Crippen molar-refractivity contribution in [1.82, 2.24) is 15.0 Å². The summed E-state index contributed by atoms with van der Waals surface area (Å²) in [6.07, 6.45) is 7.43. The molecule has 20 heavy (non-hydrogen) atoms. The van der Waals surface area contributed by atoms with E-state index in [1.807, 2.05) is 24.5 Å². The second-order valence-electron chi connectivity index (χ2n) is 5.53. The Morgan fingerprint density at radius 3 is 2.75 bits per heavy atom. The highest BCUT2D eigenvalue weighted by Gasteiger charge is 2.25. The van der Waals surface area contributed by atoms with Gasteiger partial charge in [-0.15, -0.1) is 0 Å². The second kappa shape index (κ2) is 5.66. The third-order valence-corrected chi connectivity index (χ3v) is 4.42. The number of pyridine rings is 2. The van der Waals surface area contributed by atoms with Gasteiger partial charge in [0.05, 0.1) is 11.2 Å². The molecule has 0 spiro atoms. The van der Waals surface area contributed by atoms with Gasteiger partial charge in [-0.25, -0.2) is 5.01 Å². The molecular formula is C15H19BrN4. The summed E-state index contributed by atoms with van der Waals surface area (Å²) in [6, 6.07) is 5.07. The lowest BCUT2D eigenvalue weighted by Gasteiger charge is -2.39. The SMILES string of the molecule is CC1CCCC(C)N1Nc1ccnc2cc(Br)cnc12. The Kier molecular flexibility index (Phi) is 3.89. The molecule has 1 N–H and O–H groups in total. The van der Waals surface area contributed by atoms with Gasteiger partial charge in [-0.3, -0.25) is 9.97 Å². The Bertz CT molecular complexity index is 606. The van der Waals surface area contributed by atoms with Crippen LogP contribution in [0.15, 0.2) is 29.0 Å². The summed E-state index contributed by atoms with van der Waals surface area (Å²) in [5.41, 5.74) is 6.41. The first-order valence-electron chi connectivity index (χ1n) is 7.10. The monoisotopic (exact) mass is 334 g/mol. The van der Waals surface area contributed by atoms with Crippen LogP contribution in [0.25, 0.3) is 11.0 Å². The molecule has 2 unspecified atom stereocenters. The van der Waals surface area contributed by atoms with Crippen molar-refractivity contribution in [3.05, 3.63) is 29.0 Å². The molecule has 1 aliphatic rings. The van der Waals surface area contributed by atoms with E-state index in [9.17, 15) is 0 Å². The first-order chi connectivity index (χ1) is 9.65. The van der Waals surface area contributed by atoms with Crippen LogP contribution in [-0.4, -0.2) is 27.1 Å². The molecule has 0 aliphatic carbocycles. The van der Waals surface area contributed by atoms with Gasteiger partial charge in [-0.05, 0) is 54.8 Å². The molecule has 2 aromatic rings. The number of anilines is 1. The van der Waals surface area contributed by atoms with Crippen LogP contribution in [0.4, 0.5) is 5.69 Å². The van der Waals surface area contributed by atoms with Gasteiger partial charge >= 0.3 is 0 Å². The van der Waals surface area contributed by atoms with Gasteiger partial charge in [0.25, 0.3) is 0 Å². The minimum absolute atomic E-state index is 0.539. The molecule has 3 rings (SSSR count). The fourth-order valence-electron chi connectivity index (χ4n) is 2.88. The van der Waals surface area contributed by atoms with Crippen molar-refractivity contribution in [1.29, 1.82) is 0 Å². The number of nitrogens with one attached hydrogen (secondary N) is 1. The van der Waals surface area contributed by atoms with E-state index >= 15 is 0 Å². The number of hydrazine groups is 1. The van der Waals surface area contributed by atoms with Crippen molar-refractivity contribution < 1.29 is 0 Å². The van der Waals surface area contributed by atoms with Crippen LogP contribution in [-0.2, 0) is 0 Å². The normalized spacial score (nSPS) is 23.9. The Morgan fingerprint density at radius 1 is 1.25 bits per heavy atom. The van der Waals surface area contributed by atoms with E-state index in [1.54, 1.807) is 0 Å². The zero-order chi connectivity index (χ0) is 14.1. The van der Waals surface area contributed by atoms with E-state index in [0.29, 0.717) is 12.1 Å². The average molecular weight is 335 g/mol. The van der Waals surface area contributed by atoms with Crippen LogP contribution in [0.1, 0.15) is 33.1 Å². The van der Waals surface area contributed by atoms with Crippen LogP contribution in [0, 0.1) is 0 Å². The maximum atomic E-state index is 4.50. The number of hydrogen-bond acceptors (Lipinski definition) is 4. The summed E-state index contributed by atoms with van der Waals surface area (Å²) in [5, 5.41) is 2.35. The molecule has 0 saturated carbocycles. The van der Waals surface area contributed by atoms with E-state index in [4.69, 9.17) is 0 Å². The fourth-order valence-corrected chi connectivity index (χ4v) is 3.20. The summed E-state index contributed by atoms with van der Waals surface area (Å²) >= 11 is 3.44.